The summed E-state index contributed by atoms with van der Waals surface area (Å²) in [6, 6.07) is 19.8. The molecular formula is C26H20FN3O5S2. The van der Waals surface area contributed by atoms with Crippen LogP contribution in [0.25, 0.3) is 10.2 Å². The number of carbonyl (C=O) groups excluding carboxylic acids is 1. The maximum atomic E-state index is 13.7. The molecule has 0 atom stereocenters. The predicted molar refractivity (Wildman–Crippen MR) is 139 cm³/mol. The number of ether oxygens (including phenoxy) is 1. The molecule has 0 spiro atoms. The van der Waals surface area contributed by atoms with Crippen LogP contribution in [0.4, 0.5) is 15.2 Å². The number of amides is 1. The number of furan rings is 1. The first-order chi connectivity index (χ1) is 17.8. The molecule has 2 heterocycles. The quantitative estimate of drug-likeness (QED) is 0.273. The second kappa shape index (κ2) is 10.0. The molecule has 8 nitrogen and oxygen atoms in total. The van der Waals surface area contributed by atoms with Gasteiger partial charge in [0.2, 0.25) is 0 Å². The van der Waals surface area contributed by atoms with Crippen molar-refractivity contribution in [1.82, 2.24) is 4.98 Å². The molecule has 5 rings (SSSR count). The molecule has 2 aromatic heterocycles. The van der Waals surface area contributed by atoms with Crippen molar-refractivity contribution in [2.45, 2.75) is 11.4 Å². The molecule has 0 saturated carbocycles. The van der Waals surface area contributed by atoms with Crippen LogP contribution >= 0.6 is 11.3 Å². The number of anilines is 2. The average molecular weight is 538 g/mol. The average Bonchev–Trinajstić information content (AvgIpc) is 3.56. The van der Waals surface area contributed by atoms with Gasteiger partial charge in [0.25, 0.3) is 15.9 Å². The summed E-state index contributed by atoms with van der Waals surface area (Å²) in [5.74, 6) is 0.321. The normalized spacial score (nSPS) is 11.4. The van der Waals surface area contributed by atoms with Crippen LogP contribution in [0, 0.1) is 5.82 Å². The van der Waals surface area contributed by atoms with Gasteiger partial charge >= 0.3 is 0 Å². The topological polar surface area (TPSA) is 102 Å². The first kappa shape index (κ1) is 24.5. The van der Waals surface area contributed by atoms with Crippen LogP contribution in [0.15, 0.2) is 94.4 Å². The van der Waals surface area contributed by atoms with Gasteiger partial charge in [0, 0.05) is 11.3 Å². The monoisotopic (exact) mass is 537 g/mol. The first-order valence-corrected chi connectivity index (χ1v) is 13.3. The van der Waals surface area contributed by atoms with Gasteiger partial charge in [0.1, 0.15) is 17.3 Å². The number of methoxy groups -OCH3 is 1. The standard InChI is InChI=1S/C26H20FN3O5S2/c1-34-20-9-11-22(12-10-20)37(32,33)29-19-7-4-17(5-8-19)25(31)30(16-21-3-2-14-35-21)26-28-23-13-6-18(27)15-24(23)36-26/h2-15,29H,16H2,1H3. The molecule has 3 aromatic carbocycles. The Morgan fingerprint density at radius 3 is 2.51 bits per heavy atom. The predicted octanol–water partition coefficient (Wildman–Crippen LogP) is 5.68. The minimum atomic E-state index is -3.84. The number of fused-ring (bicyclic) bond motifs is 1. The number of hydrogen-bond acceptors (Lipinski definition) is 7. The number of rotatable bonds is 8. The Morgan fingerprint density at radius 1 is 1.08 bits per heavy atom. The Balaban J connectivity index is 1.40. The van der Waals surface area contributed by atoms with Gasteiger partial charge in [0.05, 0.1) is 35.0 Å². The van der Waals surface area contributed by atoms with E-state index in [1.807, 2.05) is 0 Å². The molecule has 188 valence electrons. The van der Waals surface area contributed by atoms with Crippen LogP contribution in [0.2, 0.25) is 0 Å². The molecule has 37 heavy (non-hydrogen) atoms. The molecule has 0 aliphatic heterocycles. The minimum absolute atomic E-state index is 0.0744. The zero-order chi connectivity index (χ0) is 26.0. The number of hydrogen-bond donors (Lipinski definition) is 1. The van der Waals surface area contributed by atoms with Crippen molar-refractivity contribution in [2.75, 3.05) is 16.7 Å². The third-order valence-corrected chi connectivity index (χ3v) is 7.90. The number of aromatic nitrogens is 1. The highest BCUT2D eigenvalue weighted by Gasteiger charge is 2.23. The van der Waals surface area contributed by atoms with Gasteiger partial charge in [-0.1, -0.05) is 11.3 Å². The highest BCUT2D eigenvalue weighted by molar-refractivity contribution is 7.92. The second-order valence-corrected chi connectivity index (χ2v) is 10.6. The van der Waals surface area contributed by atoms with Crippen molar-refractivity contribution in [3.63, 3.8) is 0 Å². The molecule has 0 aliphatic rings. The van der Waals surface area contributed by atoms with E-state index in [2.05, 4.69) is 9.71 Å². The summed E-state index contributed by atoms with van der Waals surface area (Å²) >= 11 is 1.19. The fourth-order valence-electron chi connectivity index (χ4n) is 3.59. The highest BCUT2D eigenvalue weighted by atomic mass is 32.2. The third-order valence-electron chi connectivity index (χ3n) is 5.46. The van der Waals surface area contributed by atoms with E-state index in [0.717, 1.165) is 0 Å². The zero-order valence-corrected chi connectivity index (χ0v) is 21.1. The lowest BCUT2D eigenvalue weighted by Crippen LogP contribution is -2.30. The second-order valence-electron chi connectivity index (χ2n) is 7.94. The number of nitrogens with zero attached hydrogens (tertiary/aromatic N) is 2. The van der Waals surface area contributed by atoms with Gasteiger partial charge < -0.3 is 9.15 Å². The van der Waals surface area contributed by atoms with E-state index >= 15 is 0 Å². The van der Waals surface area contributed by atoms with E-state index in [-0.39, 0.29) is 23.2 Å². The minimum Gasteiger partial charge on any atom is -0.497 e. The van der Waals surface area contributed by atoms with Gasteiger partial charge in [0.15, 0.2) is 5.13 Å². The maximum absolute atomic E-state index is 13.7. The Kier molecular flexibility index (Phi) is 6.64. The van der Waals surface area contributed by atoms with Gasteiger partial charge in [-0.25, -0.2) is 17.8 Å². The van der Waals surface area contributed by atoms with E-state index in [1.54, 1.807) is 30.3 Å². The summed E-state index contributed by atoms with van der Waals surface area (Å²) in [5, 5.41) is 0.381. The number of nitrogens with one attached hydrogen (secondary N) is 1. The maximum Gasteiger partial charge on any atom is 0.261 e. The van der Waals surface area contributed by atoms with Gasteiger partial charge in [-0.2, -0.15) is 0 Å². The van der Waals surface area contributed by atoms with Crippen molar-refractivity contribution in [2.24, 2.45) is 0 Å². The molecule has 0 fully saturated rings. The van der Waals surface area contributed by atoms with Crippen LogP contribution in [0.3, 0.4) is 0 Å². The third kappa shape index (κ3) is 5.32. The van der Waals surface area contributed by atoms with E-state index in [1.165, 1.54) is 78.1 Å². The van der Waals surface area contributed by atoms with Gasteiger partial charge in [-0.15, -0.1) is 0 Å². The van der Waals surface area contributed by atoms with Crippen LogP contribution in [-0.2, 0) is 16.6 Å². The molecule has 5 aromatic rings. The fraction of sp³-hybridized carbons (Fsp3) is 0.0769. The van der Waals surface area contributed by atoms with E-state index in [0.29, 0.717) is 38.1 Å². The fourth-order valence-corrected chi connectivity index (χ4v) is 5.64. The van der Waals surface area contributed by atoms with Crippen molar-refractivity contribution in [3.8, 4) is 5.75 Å². The Hall–Kier alpha value is -4.22. The lowest BCUT2D eigenvalue weighted by atomic mass is 10.2. The Morgan fingerprint density at radius 2 is 1.84 bits per heavy atom. The Labute approximate surface area is 216 Å². The molecule has 1 N–H and O–H groups in total. The number of halogens is 1. The SMILES string of the molecule is COc1ccc(S(=O)(=O)Nc2ccc(C(=O)N(Cc3ccco3)c3nc4ccc(F)cc4s3)cc2)cc1. The highest BCUT2D eigenvalue weighted by Crippen LogP contribution is 2.31. The van der Waals surface area contributed by atoms with Crippen LogP contribution in [0.5, 0.6) is 5.75 Å². The number of carbonyl (C=O) groups is 1. The van der Waals surface area contributed by atoms with E-state index in [4.69, 9.17) is 9.15 Å². The molecule has 11 heteroatoms. The van der Waals surface area contributed by atoms with Crippen molar-refractivity contribution >= 4 is 48.3 Å². The summed E-state index contributed by atoms with van der Waals surface area (Å²) in [7, 11) is -2.34. The molecule has 0 radical (unpaired) electrons. The van der Waals surface area contributed by atoms with Crippen LogP contribution in [0.1, 0.15) is 16.1 Å². The van der Waals surface area contributed by atoms with Gasteiger partial charge in [-0.05, 0) is 78.9 Å². The smallest absolute Gasteiger partial charge is 0.261 e. The summed E-state index contributed by atoms with van der Waals surface area (Å²) in [5.41, 5.74) is 1.17. The lowest BCUT2D eigenvalue weighted by Gasteiger charge is -2.19. The van der Waals surface area contributed by atoms with Crippen molar-refractivity contribution < 1.29 is 26.8 Å². The van der Waals surface area contributed by atoms with E-state index < -0.39 is 10.0 Å². The molecule has 0 saturated heterocycles. The number of sulfonamides is 1. The molecular weight excluding hydrogens is 517 g/mol. The van der Waals surface area contributed by atoms with Gasteiger partial charge in [-0.3, -0.25) is 14.4 Å². The zero-order valence-electron chi connectivity index (χ0n) is 19.4. The summed E-state index contributed by atoms with van der Waals surface area (Å²) < 4.78 is 52.8. The first-order valence-electron chi connectivity index (χ1n) is 11.0. The summed E-state index contributed by atoms with van der Waals surface area (Å²) in [6.07, 6.45) is 1.51. The Bertz CT molecular complexity index is 1650. The molecule has 0 unspecified atom stereocenters. The van der Waals surface area contributed by atoms with Crippen molar-refractivity contribution in [1.29, 1.82) is 0 Å². The van der Waals surface area contributed by atoms with Crippen molar-refractivity contribution in [3.05, 3.63) is 102 Å². The molecule has 0 aliphatic carbocycles. The molecule has 0 bridgehead atoms. The van der Waals surface area contributed by atoms with Crippen LogP contribution in [-0.4, -0.2) is 26.4 Å². The van der Waals surface area contributed by atoms with Crippen LogP contribution < -0.4 is 14.4 Å². The largest absolute Gasteiger partial charge is 0.497 e. The molecule has 1 amide bonds. The summed E-state index contributed by atoms with van der Waals surface area (Å²) in [6.45, 7) is 0.111. The summed E-state index contributed by atoms with van der Waals surface area (Å²) in [4.78, 5) is 19.5. The number of thiazole rings is 1. The lowest BCUT2D eigenvalue weighted by molar-refractivity contribution is 0.0983. The number of benzene rings is 3. The van der Waals surface area contributed by atoms with E-state index in [9.17, 15) is 17.6 Å².